The van der Waals surface area contributed by atoms with E-state index < -0.39 is 16.0 Å². The predicted molar refractivity (Wildman–Crippen MR) is 101 cm³/mol. The molecule has 0 N–H and O–H groups in total. The molecule has 1 amide bonds. The third kappa shape index (κ3) is 4.70. The van der Waals surface area contributed by atoms with Crippen molar-refractivity contribution in [2.45, 2.75) is 57.5 Å². The van der Waals surface area contributed by atoms with Crippen molar-refractivity contribution >= 4 is 21.9 Å². The van der Waals surface area contributed by atoms with Crippen LogP contribution < -0.4 is 0 Å². The number of amides is 1. The fourth-order valence-electron chi connectivity index (χ4n) is 3.40. The smallest absolute Gasteiger partial charge is 0.355 e. The molecule has 1 aliphatic heterocycles. The number of aromatic nitrogens is 1. The van der Waals surface area contributed by atoms with Crippen LogP contribution in [0.25, 0.3) is 0 Å². The number of carbonyl (C=O) groups is 2. The van der Waals surface area contributed by atoms with Crippen LogP contribution in [0.15, 0.2) is 17.2 Å². The summed E-state index contributed by atoms with van der Waals surface area (Å²) in [5, 5.41) is 0. The molecule has 152 valence electrons. The normalized spacial score (nSPS) is 15.5. The second kappa shape index (κ2) is 8.43. The molecule has 0 spiro atoms. The molecule has 0 aliphatic carbocycles. The third-order valence-corrected chi connectivity index (χ3v) is 6.48. The van der Waals surface area contributed by atoms with Gasteiger partial charge in [-0.2, -0.15) is 4.31 Å². The molecule has 1 aromatic heterocycles. The number of hydrogen-bond acceptors (Lipinski definition) is 5. The summed E-state index contributed by atoms with van der Waals surface area (Å²) in [7, 11) is -2.03. The topological polar surface area (TPSA) is 88.9 Å². The van der Waals surface area contributed by atoms with Gasteiger partial charge in [-0.3, -0.25) is 4.79 Å². The Morgan fingerprint density at radius 2 is 1.70 bits per heavy atom. The maximum atomic E-state index is 12.6. The Morgan fingerprint density at radius 3 is 2.22 bits per heavy atom. The summed E-state index contributed by atoms with van der Waals surface area (Å²) < 4.78 is 33.2. The molecule has 9 heteroatoms. The van der Waals surface area contributed by atoms with E-state index in [4.69, 9.17) is 4.74 Å². The fraction of sp³-hybridized carbons (Fsp3) is 0.667. The van der Waals surface area contributed by atoms with Crippen LogP contribution in [0.2, 0.25) is 0 Å². The van der Waals surface area contributed by atoms with Gasteiger partial charge in [0.2, 0.25) is 10.0 Å². The first-order valence-corrected chi connectivity index (χ1v) is 10.6. The van der Waals surface area contributed by atoms with Crippen molar-refractivity contribution in [3.8, 4) is 0 Å². The zero-order valence-corrected chi connectivity index (χ0v) is 17.5. The number of sulfonamides is 1. The first-order valence-electron chi connectivity index (χ1n) is 9.20. The van der Waals surface area contributed by atoms with Crippen molar-refractivity contribution in [3.05, 3.63) is 18.0 Å². The molecule has 0 radical (unpaired) electrons. The van der Waals surface area contributed by atoms with Gasteiger partial charge in [0.25, 0.3) is 5.91 Å². The van der Waals surface area contributed by atoms with Gasteiger partial charge < -0.3 is 14.2 Å². The lowest BCUT2D eigenvalue weighted by Gasteiger charge is -2.30. The number of rotatable bonds is 7. The van der Waals surface area contributed by atoms with Gasteiger partial charge in [0.05, 0.1) is 0 Å². The molecule has 0 aromatic carbocycles. The molecule has 2 heterocycles. The van der Waals surface area contributed by atoms with Gasteiger partial charge in [0.1, 0.15) is 10.6 Å². The standard InChI is InChI=1S/C18H29N3O5S/c1-13(2)21(14(3)4)17(22)12-26-18(23)16-10-15(11-19(16)5)27(24,25)20-8-6-7-9-20/h10-11,13-14H,6-9,12H2,1-5H3. The van der Waals surface area contributed by atoms with Crippen LogP contribution in [0.3, 0.4) is 0 Å². The predicted octanol–water partition coefficient (Wildman–Crippen LogP) is 1.61. The van der Waals surface area contributed by atoms with Gasteiger partial charge in [-0.15, -0.1) is 0 Å². The first-order chi connectivity index (χ1) is 12.6. The van der Waals surface area contributed by atoms with Crippen LogP contribution in [0.5, 0.6) is 0 Å². The molecule has 8 nitrogen and oxygen atoms in total. The average Bonchev–Trinajstić information content (AvgIpc) is 3.22. The molecule has 0 atom stereocenters. The molecule has 0 bridgehead atoms. The van der Waals surface area contributed by atoms with Crippen molar-refractivity contribution < 1.29 is 22.7 Å². The molecule has 1 aliphatic rings. The van der Waals surface area contributed by atoms with E-state index in [0.717, 1.165) is 12.8 Å². The Bertz CT molecular complexity index is 784. The first kappa shape index (κ1) is 21.4. The number of hydrogen-bond donors (Lipinski definition) is 0. The molecule has 1 aromatic rings. The highest BCUT2D eigenvalue weighted by Gasteiger charge is 2.30. The number of ether oxygens (including phenoxy) is 1. The Labute approximate surface area is 161 Å². The number of carbonyl (C=O) groups excluding carboxylic acids is 2. The van der Waals surface area contributed by atoms with Crippen LogP contribution >= 0.6 is 0 Å². The SMILES string of the molecule is CC(C)N(C(=O)COC(=O)c1cc(S(=O)(=O)N2CCCC2)cn1C)C(C)C. The van der Waals surface area contributed by atoms with Crippen LogP contribution in [-0.4, -0.2) is 65.8 Å². The Balaban J connectivity index is 2.09. The molecular formula is C18H29N3O5S. The molecule has 0 unspecified atom stereocenters. The summed E-state index contributed by atoms with van der Waals surface area (Å²) in [4.78, 5) is 26.4. The van der Waals surface area contributed by atoms with E-state index in [2.05, 4.69) is 0 Å². The van der Waals surface area contributed by atoms with E-state index >= 15 is 0 Å². The Hall–Kier alpha value is -1.87. The van der Waals surface area contributed by atoms with Crippen molar-refractivity contribution in [3.63, 3.8) is 0 Å². The fourth-order valence-corrected chi connectivity index (χ4v) is 4.99. The lowest BCUT2D eigenvalue weighted by molar-refractivity contribution is -0.138. The maximum absolute atomic E-state index is 12.6. The molecule has 27 heavy (non-hydrogen) atoms. The van der Waals surface area contributed by atoms with Crippen LogP contribution in [0.1, 0.15) is 51.0 Å². The molecule has 0 saturated carbocycles. The lowest BCUT2D eigenvalue weighted by atomic mass is 10.2. The van der Waals surface area contributed by atoms with E-state index in [9.17, 15) is 18.0 Å². The van der Waals surface area contributed by atoms with Gasteiger partial charge in [0, 0.05) is 38.4 Å². The Kier molecular flexibility index (Phi) is 6.69. The van der Waals surface area contributed by atoms with Crippen LogP contribution in [0.4, 0.5) is 0 Å². The number of esters is 1. The van der Waals surface area contributed by atoms with E-state index in [-0.39, 0.29) is 35.2 Å². The van der Waals surface area contributed by atoms with Crippen LogP contribution in [0, 0.1) is 0 Å². The van der Waals surface area contributed by atoms with Gasteiger partial charge in [-0.1, -0.05) is 0 Å². The minimum absolute atomic E-state index is 0.0107. The summed E-state index contributed by atoms with van der Waals surface area (Å²) >= 11 is 0. The molecule has 2 rings (SSSR count). The summed E-state index contributed by atoms with van der Waals surface area (Å²) in [6, 6.07) is 1.29. The van der Waals surface area contributed by atoms with Crippen molar-refractivity contribution in [2.75, 3.05) is 19.7 Å². The van der Waals surface area contributed by atoms with Crippen molar-refractivity contribution in [2.24, 2.45) is 7.05 Å². The van der Waals surface area contributed by atoms with E-state index in [1.54, 1.807) is 11.9 Å². The summed E-state index contributed by atoms with van der Waals surface area (Å²) in [6.45, 7) is 8.18. The Morgan fingerprint density at radius 1 is 1.15 bits per heavy atom. The monoisotopic (exact) mass is 399 g/mol. The second-order valence-electron chi connectivity index (χ2n) is 7.35. The number of aryl methyl sites for hydroxylation is 1. The van der Waals surface area contributed by atoms with Gasteiger partial charge in [-0.25, -0.2) is 13.2 Å². The zero-order chi connectivity index (χ0) is 20.4. The van der Waals surface area contributed by atoms with E-state index in [1.807, 2.05) is 27.7 Å². The molecule has 1 fully saturated rings. The largest absolute Gasteiger partial charge is 0.451 e. The highest BCUT2D eigenvalue weighted by molar-refractivity contribution is 7.89. The lowest BCUT2D eigenvalue weighted by Crippen LogP contribution is -2.44. The summed E-state index contributed by atoms with van der Waals surface area (Å²) in [6.07, 6.45) is 3.08. The van der Waals surface area contributed by atoms with Gasteiger partial charge in [-0.05, 0) is 46.6 Å². The second-order valence-corrected chi connectivity index (χ2v) is 9.29. The highest BCUT2D eigenvalue weighted by Crippen LogP contribution is 2.22. The van der Waals surface area contributed by atoms with Crippen molar-refractivity contribution in [1.82, 2.24) is 13.8 Å². The third-order valence-electron chi connectivity index (χ3n) is 4.62. The minimum Gasteiger partial charge on any atom is -0.451 e. The quantitative estimate of drug-likeness (QED) is 0.650. The van der Waals surface area contributed by atoms with Gasteiger partial charge >= 0.3 is 5.97 Å². The molecule has 1 saturated heterocycles. The average molecular weight is 400 g/mol. The highest BCUT2D eigenvalue weighted by atomic mass is 32.2. The number of nitrogens with zero attached hydrogens (tertiary/aromatic N) is 3. The van der Waals surface area contributed by atoms with E-state index in [0.29, 0.717) is 13.1 Å². The zero-order valence-electron chi connectivity index (χ0n) is 16.6. The minimum atomic E-state index is -3.61. The summed E-state index contributed by atoms with van der Waals surface area (Å²) in [5.41, 5.74) is 0.0983. The summed E-state index contributed by atoms with van der Waals surface area (Å²) in [5.74, 6) is -1.01. The maximum Gasteiger partial charge on any atom is 0.355 e. The molecular weight excluding hydrogens is 370 g/mol. The van der Waals surface area contributed by atoms with Gasteiger partial charge in [0.15, 0.2) is 6.61 Å². The van der Waals surface area contributed by atoms with E-state index in [1.165, 1.54) is 21.1 Å². The van der Waals surface area contributed by atoms with Crippen molar-refractivity contribution in [1.29, 1.82) is 0 Å². The van der Waals surface area contributed by atoms with Crippen LogP contribution in [-0.2, 0) is 26.6 Å².